The van der Waals surface area contributed by atoms with E-state index in [1.807, 2.05) is 56.0 Å². The lowest BCUT2D eigenvalue weighted by Gasteiger charge is -2.35. The Morgan fingerprint density at radius 3 is 2.19 bits per heavy atom. The van der Waals surface area contributed by atoms with E-state index in [4.69, 9.17) is 0 Å². The normalized spacial score (nSPS) is 15.4. The maximum Gasteiger partial charge on any atom is 0.227 e. The summed E-state index contributed by atoms with van der Waals surface area (Å²) in [5.41, 5.74) is 1.14. The summed E-state index contributed by atoms with van der Waals surface area (Å²) in [6, 6.07) is 9.70. The lowest BCUT2D eigenvalue weighted by Crippen LogP contribution is -2.45. The average molecular weight is 366 g/mol. The largest absolute Gasteiger partial charge is 0.342 e. The number of piperidine rings is 1. The van der Waals surface area contributed by atoms with Gasteiger partial charge in [-0.2, -0.15) is 0 Å². The lowest BCUT2D eigenvalue weighted by atomic mass is 9.90. The number of anilines is 1. The number of carbonyl (C=O) groups is 2. The van der Waals surface area contributed by atoms with E-state index in [9.17, 15) is 9.59 Å². The maximum absolute atomic E-state index is 12.5. The highest BCUT2D eigenvalue weighted by atomic mass is 16.2. The van der Waals surface area contributed by atoms with Gasteiger partial charge in [0.15, 0.2) is 5.82 Å². The van der Waals surface area contributed by atoms with Crippen LogP contribution in [-0.2, 0) is 9.59 Å². The van der Waals surface area contributed by atoms with E-state index in [1.54, 1.807) is 12.4 Å². The van der Waals surface area contributed by atoms with Crippen LogP contribution in [0.25, 0.3) is 11.4 Å². The van der Waals surface area contributed by atoms with Crippen LogP contribution in [0.3, 0.4) is 0 Å². The SMILES string of the molecule is CC(C)(C)C(=O)N1CCC(C(=O)Nc2cnc(-c3ccccc3)nc2)CC1. The number of rotatable bonds is 3. The van der Waals surface area contributed by atoms with Crippen LogP contribution in [0.2, 0.25) is 0 Å². The number of aromatic nitrogens is 2. The van der Waals surface area contributed by atoms with Crippen LogP contribution in [0.15, 0.2) is 42.7 Å². The number of benzene rings is 1. The third-order valence-electron chi connectivity index (χ3n) is 4.75. The molecule has 3 rings (SSSR count). The molecule has 1 aliphatic rings. The number of nitrogens with zero attached hydrogens (tertiary/aromatic N) is 3. The van der Waals surface area contributed by atoms with Gasteiger partial charge >= 0.3 is 0 Å². The molecule has 0 spiro atoms. The van der Waals surface area contributed by atoms with E-state index >= 15 is 0 Å². The number of hydrogen-bond acceptors (Lipinski definition) is 4. The molecule has 0 atom stereocenters. The summed E-state index contributed by atoms with van der Waals surface area (Å²) < 4.78 is 0. The van der Waals surface area contributed by atoms with E-state index in [0.29, 0.717) is 37.4 Å². The molecule has 0 unspecified atom stereocenters. The van der Waals surface area contributed by atoms with Crippen molar-refractivity contribution in [2.24, 2.45) is 11.3 Å². The zero-order chi connectivity index (χ0) is 19.4. The molecule has 6 heteroatoms. The fraction of sp³-hybridized carbons (Fsp3) is 0.429. The van der Waals surface area contributed by atoms with Crippen molar-refractivity contribution in [1.29, 1.82) is 0 Å². The Morgan fingerprint density at radius 1 is 1.04 bits per heavy atom. The Morgan fingerprint density at radius 2 is 1.63 bits per heavy atom. The highest BCUT2D eigenvalue weighted by molar-refractivity contribution is 5.92. The maximum atomic E-state index is 12.5. The first-order valence-electron chi connectivity index (χ1n) is 9.32. The molecule has 0 aliphatic carbocycles. The van der Waals surface area contributed by atoms with Crippen molar-refractivity contribution in [2.45, 2.75) is 33.6 Å². The van der Waals surface area contributed by atoms with Crippen LogP contribution in [0, 0.1) is 11.3 Å². The zero-order valence-electron chi connectivity index (χ0n) is 16.1. The molecule has 0 bridgehead atoms. The van der Waals surface area contributed by atoms with E-state index in [0.717, 1.165) is 5.56 Å². The Hall–Kier alpha value is -2.76. The highest BCUT2D eigenvalue weighted by Crippen LogP contribution is 2.24. The van der Waals surface area contributed by atoms with Crippen LogP contribution >= 0.6 is 0 Å². The van der Waals surface area contributed by atoms with Gasteiger partial charge in [0, 0.05) is 30.0 Å². The number of carbonyl (C=O) groups excluding carboxylic acids is 2. The number of hydrogen-bond donors (Lipinski definition) is 1. The van der Waals surface area contributed by atoms with Crippen molar-refractivity contribution in [3.8, 4) is 11.4 Å². The minimum atomic E-state index is -0.382. The van der Waals surface area contributed by atoms with Gasteiger partial charge in [0.05, 0.1) is 18.1 Å². The quantitative estimate of drug-likeness (QED) is 0.904. The van der Waals surface area contributed by atoms with Gasteiger partial charge in [-0.25, -0.2) is 9.97 Å². The molecule has 2 aromatic rings. The number of nitrogens with one attached hydrogen (secondary N) is 1. The molecular formula is C21H26N4O2. The van der Waals surface area contributed by atoms with Crippen LogP contribution in [0.4, 0.5) is 5.69 Å². The van der Waals surface area contributed by atoms with Gasteiger partial charge in [-0.15, -0.1) is 0 Å². The first-order valence-corrected chi connectivity index (χ1v) is 9.32. The summed E-state index contributed by atoms with van der Waals surface area (Å²) >= 11 is 0. The summed E-state index contributed by atoms with van der Waals surface area (Å²) in [6.45, 7) is 7.02. The summed E-state index contributed by atoms with van der Waals surface area (Å²) in [5.74, 6) is 0.644. The molecule has 27 heavy (non-hydrogen) atoms. The number of likely N-dealkylation sites (tertiary alicyclic amines) is 1. The first kappa shape index (κ1) is 19.0. The first-order chi connectivity index (χ1) is 12.8. The minimum absolute atomic E-state index is 0.0334. The van der Waals surface area contributed by atoms with E-state index in [-0.39, 0.29) is 23.1 Å². The molecule has 1 saturated heterocycles. The Balaban J connectivity index is 1.55. The van der Waals surface area contributed by atoms with Gasteiger partial charge < -0.3 is 10.2 Å². The molecule has 1 aromatic carbocycles. The van der Waals surface area contributed by atoms with Gasteiger partial charge in [-0.05, 0) is 12.8 Å². The molecular weight excluding hydrogens is 340 g/mol. The topological polar surface area (TPSA) is 75.2 Å². The molecule has 0 saturated carbocycles. The second-order valence-corrected chi connectivity index (χ2v) is 7.97. The zero-order valence-corrected chi connectivity index (χ0v) is 16.1. The minimum Gasteiger partial charge on any atom is -0.342 e. The molecule has 1 N–H and O–H groups in total. The van der Waals surface area contributed by atoms with E-state index in [1.165, 1.54) is 0 Å². The molecule has 1 aliphatic heterocycles. The Kier molecular flexibility index (Phi) is 5.54. The number of amides is 2. The molecule has 1 fully saturated rings. The van der Waals surface area contributed by atoms with Gasteiger partial charge in [-0.1, -0.05) is 51.1 Å². The predicted octanol–water partition coefficient (Wildman–Crippen LogP) is 3.37. The second-order valence-electron chi connectivity index (χ2n) is 7.97. The van der Waals surface area contributed by atoms with Gasteiger partial charge in [0.2, 0.25) is 11.8 Å². The van der Waals surface area contributed by atoms with Gasteiger partial charge in [0.25, 0.3) is 0 Å². The standard InChI is InChI=1S/C21H26N4O2/c1-21(2,3)20(27)25-11-9-16(10-12-25)19(26)24-17-13-22-18(23-14-17)15-7-5-4-6-8-15/h4-8,13-14,16H,9-12H2,1-3H3,(H,24,26). The molecule has 2 heterocycles. The van der Waals surface area contributed by atoms with Crippen molar-refractivity contribution < 1.29 is 9.59 Å². The molecule has 142 valence electrons. The van der Waals surface area contributed by atoms with Crippen LogP contribution in [0.1, 0.15) is 33.6 Å². The summed E-state index contributed by atoms with van der Waals surface area (Å²) in [6.07, 6.45) is 4.62. The summed E-state index contributed by atoms with van der Waals surface area (Å²) in [5, 5.41) is 2.90. The average Bonchev–Trinajstić information content (AvgIpc) is 2.68. The fourth-order valence-electron chi connectivity index (χ4n) is 3.19. The molecule has 0 radical (unpaired) electrons. The molecule has 2 amide bonds. The van der Waals surface area contributed by atoms with Crippen LogP contribution in [0.5, 0.6) is 0 Å². The van der Waals surface area contributed by atoms with Crippen molar-refractivity contribution >= 4 is 17.5 Å². The van der Waals surface area contributed by atoms with Crippen LogP contribution in [-0.4, -0.2) is 39.8 Å². The smallest absolute Gasteiger partial charge is 0.227 e. The predicted molar refractivity (Wildman–Crippen MR) is 105 cm³/mol. The molecule has 1 aromatic heterocycles. The summed E-state index contributed by atoms with van der Waals surface area (Å²) in [4.78, 5) is 35.4. The third kappa shape index (κ3) is 4.70. The fourth-order valence-corrected chi connectivity index (χ4v) is 3.19. The Bertz CT molecular complexity index is 789. The molecule has 6 nitrogen and oxygen atoms in total. The van der Waals surface area contributed by atoms with E-state index in [2.05, 4.69) is 15.3 Å². The van der Waals surface area contributed by atoms with E-state index < -0.39 is 0 Å². The van der Waals surface area contributed by atoms with Crippen molar-refractivity contribution in [3.05, 3.63) is 42.7 Å². The summed E-state index contributed by atoms with van der Waals surface area (Å²) in [7, 11) is 0. The van der Waals surface area contributed by atoms with Gasteiger partial charge in [-0.3, -0.25) is 9.59 Å². The van der Waals surface area contributed by atoms with Crippen molar-refractivity contribution in [2.75, 3.05) is 18.4 Å². The Labute approximate surface area is 160 Å². The van der Waals surface area contributed by atoms with Crippen molar-refractivity contribution in [3.63, 3.8) is 0 Å². The lowest BCUT2D eigenvalue weighted by molar-refractivity contribution is -0.142. The third-order valence-corrected chi connectivity index (χ3v) is 4.75. The highest BCUT2D eigenvalue weighted by Gasteiger charge is 2.32. The second kappa shape index (κ2) is 7.86. The van der Waals surface area contributed by atoms with Gasteiger partial charge in [0.1, 0.15) is 0 Å². The van der Waals surface area contributed by atoms with Crippen molar-refractivity contribution in [1.82, 2.24) is 14.9 Å². The monoisotopic (exact) mass is 366 g/mol. The van der Waals surface area contributed by atoms with Crippen LogP contribution < -0.4 is 5.32 Å².